The number of carboxylic acids is 1. The summed E-state index contributed by atoms with van der Waals surface area (Å²) < 4.78 is 0. The van der Waals surface area contributed by atoms with E-state index in [4.69, 9.17) is 0 Å². The number of carboxylic acid groups (broad SMARTS) is 1. The molecule has 1 amide bonds. The lowest BCUT2D eigenvalue weighted by molar-refractivity contribution is -0.304. The summed E-state index contributed by atoms with van der Waals surface area (Å²) in [5, 5.41) is 12.7. The van der Waals surface area contributed by atoms with Gasteiger partial charge in [-0.15, -0.1) is 11.8 Å². The summed E-state index contributed by atoms with van der Waals surface area (Å²) in [5.74, 6) is -1.13. The summed E-state index contributed by atoms with van der Waals surface area (Å²) in [6.07, 6.45) is 1.77. The number of hydrogen-bond acceptors (Lipinski definition) is 4. The molecule has 0 bridgehead atoms. The summed E-state index contributed by atoms with van der Waals surface area (Å²) in [4.78, 5) is 22.2. The van der Waals surface area contributed by atoms with E-state index in [2.05, 4.69) is 17.4 Å². The first-order valence-corrected chi connectivity index (χ1v) is 7.69. The topological polar surface area (TPSA) is 69.2 Å². The van der Waals surface area contributed by atoms with Crippen LogP contribution in [0.25, 0.3) is 0 Å². The van der Waals surface area contributed by atoms with Gasteiger partial charge in [-0.1, -0.05) is 30.3 Å². The molecule has 4 nitrogen and oxygen atoms in total. The molecule has 1 aromatic carbocycles. The van der Waals surface area contributed by atoms with Gasteiger partial charge in [-0.3, -0.25) is 4.79 Å². The first-order chi connectivity index (χ1) is 9.49. The quantitative estimate of drug-likeness (QED) is 0.776. The fourth-order valence-electron chi connectivity index (χ4n) is 1.69. The summed E-state index contributed by atoms with van der Waals surface area (Å²) >= 11 is 1.07. The molecule has 0 spiro atoms. The number of rotatable bonds is 8. The van der Waals surface area contributed by atoms with E-state index in [9.17, 15) is 14.7 Å². The number of aryl methyl sites for hydroxylation is 1. The molecule has 1 rings (SSSR count). The Morgan fingerprint density at radius 2 is 1.90 bits per heavy atom. The summed E-state index contributed by atoms with van der Waals surface area (Å²) in [7, 11) is 0. The van der Waals surface area contributed by atoms with Crippen molar-refractivity contribution in [2.45, 2.75) is 38.0 Å². The maximum Gasteiger partial charge on any atom is 0.230 e. The van der Waals surface area contributed by atoms with Crippen LogP contribution in [0.5, 0.6) is 0 Å². The summed E-state index contributed by atoms with van der Waals surface area (Å²) in [5.41, 5.74) is 1.24. The second kappa shape index (κ2) is 8.64. The minimum absolute atomic E-state index is 0.0709. The number of benzene rings is 1. The molecule has 110 valence electrons. The molecule has 0 saturated heterocycles. The van der Waals surface area contributed by atoms with Gasteiger partial charge in [0.05, 0.1) is 11.7 Å². The smallest absolute Gasteiger partial charge is 0.230 e. The first-order valence-electron chi connectivity index (χ1n) is 6.64. The largest absolute Gasteiger partial charge is 0.549 e. The van der Waals surface area contributed by atoms with E-state index in [0.29, 0.717) is 0 Å². The first kappa shape index (κ1) is 16.6. The van der Waals surface area contributed by atoms with Crippen LogP contribution in [-0.2, 0) is 16.0 Å². The van der Waals surface area contributed by atoms with Crippen LogP contribution in [0.2, 0.25) is 0 Å². The summed E-state index contributed by atoms with van der Waals surface area (Å²) in [6.45, 7) is 3.47. The highest BCUT2D eigenvalue weighted by Gasteiger charge is 2.10. The molecule has 5 heteroatoms. The zero-order chi connectivity index (χ0) is 15.0. The number of carbonyl (C=O) groups excluding carboxylic acids is 2. The maximum atomic E-state index is 11.6. The van der Waals surface area contributed by atoms with Crippen molar-refractivity contribution in [3.63, 3.8) is 0 Å². The van der Waals surface area contributed by atoms with Crippen molar-refractivity contribution in [3.05, 3.63) is 35.9 Å². The second-order valence-corrected chi connectivity index (χ2v) is 6.09. The van der Waals surface area contributed by atoms with Crippen molar-refractivity contribution in [2.24, 2.45) is 0 Å². The predicted molar refractivity (Wildman–Crippen MR) is 79.3 cm³/mol. The van der Waals surface area contributed by atoms with Crippen molar-refractivity contribution in [2.75, 3.05) is 5.75 Å². The molecule has 0 saturated carbocycles. The molecular formula is C15H20NO3S-. The van der Waals surface area contributed by atoms with Crippen LogP contribution >= 0.6 is 11.8 Å². The molecule has 0 aromatic heterocycles. The zero-order valence-corrected chi connectivity index (χ0v) is 12.6. The van der Waals surface area contributed by atoms with E-state index >= 15 is 0 Å². The van der Waals surface area contributed by atoms with Gasteiger partial charge in [0.1, 0.15) is 0 Å². The molecule has 1 aromatic rings. The second-order valence-electron chi connectivity index (χ2n) is 4.77. The highest BCUT2D eigenvalue weighted by Crippen LogP contribution is 2.09. The Morgan fingerprint density at radius 3 is 2.50 bits per heavy atom. The maximum absolute atomic E-state index is 11.6. The molecule has 20 heavy (non-hydrogen) atoms. The Balaban J connectivity index is 2.23. The van der Waals surface area contributed by atoms with E-state index < -0.39 is 11.2 Å². The van der Waals surface area contributed by atoms with Crippen LogP contribution < -0.4 is 10.4 Å². The van der Waals surface area contributed by atoms with E-state index in [-0.39, 0.29) is 17.7 Å². The SMILES string of the molecule is C[C@H](SCC(=O)N[C@@H](C)CCc1ccccc1)C(=O)[O-]. The van der Waals surface area contributed by atoms with Crippen LogP contribution in [0, 0.1) is 0 Å². The third-order valence-electron chi connectivity index (χ3n) is 2.91. The normalized spacial score (nSPS) is 13.5. The van der Waals surface area contributed by atoms with Crippen LogP contribution in [0.3, 0.4) is 0 Å². The lowest BCUT2D eigenvalue weighted by Gasteiger charge is -2.15. The number of thioether (sulfide) groups is 1. The van der Waals surface area contributed by atoms with Gasteiger partial charge in [0.25, 0.3) is 0 Å². The molecule has 0 aliphatic heterocycles. The average Bonchev–Trinajstić information content (AvgIpc) is 2.43. The van der Waals surface area contributed by atoms with Gasteiger partial charge in [0, 0.05) is 11.3 Å². The van der Waals surface area contributed by atoms with E-state index in [1.54, 1.807) is 0 Å². The Morgan fingerprint density at radius 1 is 1.25 bits per heavy atom. The Kier molecular flexibility index (Phi) is 7.15. The number of carbonyl (C=O) groups is 2. The zero-order valence-electron chi connectivity index (χ0n) is 11.8. The molecule has 0 fully saturated rings. The van der Waals surface area contributed by atoms with Gasteiger partial charge in [-0.25, -0.2) is 0 Å². The van der Waals surface area contributed by atoms with Crippen molar-refractivity contribution in [1.82, 2.24) is 5.32 Å². The van der Waals surface area contributed by atoms with E-state index in [1.165, 1.54) is 12.5 Å². The van der Waals surface area contributed by atoms with E-state index in [1.807, 2.05) is 25.1 Å². The fraction of sp³-hybridized carbons (Fsp3) is 0.467. The average molecular weight is 294 g/mol. The number of nitrogens with one attached hydrogen (secondary N) is 1. The van der Waals surface area contributed by atoms with Crippen molar-refractivity contribution < 1.29 is 14.7 Å². The molecule has 0 radical (unpaired) electrons. The minimum atomic E-state index is -1.14. The van der Waals surface area contributed by atoms with Gasteiger partial charge in [-0.05, 0) is 32.3 Å². The van der Waals surface area contributed by atoms with Crippen molar-refractivity contribution in [1.29, 1.82) is 0 Å². The third-order valence-corrected chi connectivity index (χ3v) is 4.03. The molecule has 1 N–H and O–H groups in total. The Hall–Kier alpha value is -1.49. The number of amides is 1. The van der Waals surface area contributed by atoms with Gasteiger partial charge >= 0.3 is 0 Å². The van der Waals surface area contributed by atoms with Gasteiger partial charge in [0.2, 0.25) is 5.91 Å². The molecular weight excluding hydrogens is 274 g/mol. The molecule has 0 aliphatic carbocycles. The third kappa shape index (κ3) is 6.61. The van der Waals surface area contributed by atoms with Gasteiger partial charge in [0.15, 0.2) is 0 Å². The highest BCUT2D eigenvalue weighted by atomic mass is 32.2. The van der Waals surface area contributed by atoms with Crippen molar-refractivity contribution >= 4 is 23.6 Å². The van der Waals surface area contributed by atoms with Crippen LogP contribution in [0.4, 0.5) is 0 Å². The number of aliphatic carboxylic acids is 1. The van der Waals surface area contributed by atoms with Gasteiger partial charge in [-0.2, -0.15) is 0 Å². The lowest BCUT2D eigenvalue weighted by atomic mass is 10.1. The van der Waals surface area contributed by atoms with E-state index in [0.717, 1.165) is 24.6 Å². The highest BCUT2D eigenvalue weighted by molar-refractivity contribution is 8.01. The van der Waals surface area contributed by atoms with Crippen molar-refractivity contribution in [3.8, 4) is 0 Å². The molecule has 0 aliphatic rings. The van der Waals surface area contributed by atoms with Crippen LogP contribution in [0.1, 0.15) is 25.8 Å². The molecule has 2 atom stereocenters. The predicted octanol–water partition coefficient (Wildman–Crippen LogP) is 0.995. The Labute approximate surface area is 124 Å². The van der Waals surface area contributed by atoms with Crippen LogP contribution in [0.15, 0.2) is 30.3 Å². The molecule has 0 heterocycles. The van der Waals surface area contributed by atoms with Gasteiger partial charge < -0.3 is 15.2 Å². The van der Waals surface area contributed by atoms with Crippen LogP contribution in [-0.4, -0.2) is 28.9 Å². The lowest BCUT2D eigenvalue weighted by Crippen LogP contribution is -2.36. The summed E-state index contributed by atoms with van der Waals surface area (Å²) in [6, 6.07) is 10.2. The standard InChI is InChI=1S/C15H21NO3S/c1-11(8-9-13-6-4-3-5-7-13)16-14(17)10-20-12(2)15(18)19/h3-7,11-12H,8-10H2,1-2H3,(H,16,17)(H,18,19)/p-1/t11-,12-/m0/s1. The number of hydrogen-bond donors (Lipinski definition) is 1. The Bertz CT molecular complexity index is 436. The minimum Gasteiger partial charge on any atom is -0.549 e. The molecule has 0 unspecified atom stereocenters. The fourth-order valence-corrected chi connectivity index (χ4v) is 2.31. The monoisotopic (exact) mass is 294 g/mol.